The van der Waals surface area contributed by atoms with Crippen molar-refractivity contribution >= 4 is 23.3 Å². The van der Waals surface area contributed by atoms with Gasteiger partial charge in [0.05, 0.1) is 37.2 Å². The van der Waals surface area contributed by atoms with Crippen molar-refractivity contribution in [3.05, 3.63) is 77.3 Å². The molecule has 2 atom stereocenters. The van der Waals surface area contributed by atoms with Crippen molar-refractivity contribution in [2.24, 2.45) is 0 Å². The van der Waals surface area contributed by atoms with Gasteiger partial charge in [0, 0.05) is 17.6 Å². The molecular weight excluding hydrogens is 412 g/mol. The number of carbonyl (C=O) groups is 1. The van der Waals surface area contributed by atoms with Gasteiger partial charge in [0.2, 0.25) is 0 Å². The first-order valence-corrected chi connectivity index (χ1v) is 10.7. The minimum absolute atomic E-state index is 0.0789. The third kappa shape index (κ3) is 4.20. The Kier molecular flexibility index (Phi) is 6.08. The molecule has 1 N–H and O–H groups in total. The lowest BCUT2D eigenvalue weighted by molar-refractivity contribution is -0.143. The van der Waals surface area contributed by atoms with Crippen molar-refractivity contribution < 1.29 is 13.9 Å². The lowest BCUT2D eigenvalue weighted by Gasteiger charge is -2.27. The van der Waals surface area contributed by atoms with E-state index < -0.39 is 0 Å². The van der Waals surface area contributed by atoms with Gasteiger partial charge in [-0.2, -0.15) is 0 Å². The van der Waals surface area contributed by atoms with Crippen LogP contribution in [0.1, 0.15) is 47.4 Å². The summed E-state index contributed by atoms with van der Waals surface area (Å²) in [5.41, 5.74) is 4.17. The maximum Gasteiger partial charge on any atom is 0.325 e. The summed E-state index contributed by atoms with van der Waals surface area (Å²) in [6, 6.07) is 11.5. The molecule has 1 aliphatic rings. The largest absolute Gasteiger partial charge is 0.467 e. The Balaban J connectivity index is 1.74. The van der Waals surface area contributed by atoms with E-state index in [1.165, 1.54) is 0 Å². The Morgan fingerprint density at radius 2 is 2.13 bits per heavy atom. The molecule has 0 radical (unpaired) electrons. The summed E-state index contributed by atoms with van der Waals surface area (Å²) in [4.78, 5) is 18.8. The van der Waals surface area contributed by atoms with Gasteiger partial charge in [-0.25, -0.2) is 0 Å². The first-order valence-electron chi connectivity index (χ1n) is 10.3. The van der Waals surface area contributed by atoms with Gasteiger partial charge in [-0.15, -0.1) is 0 Å². The fourth-order valence-electron chi connectivity index (χ4n) is 4.19. The topological polar surface area (TPSA) is 72.5 Å². The fraction of sp³-hybridized carbons (Fsp3) is 0.348. The fourth-order valence-corrected chi connectivity index (χ4v) is 4.49. The smallest absolute Gasteiger partial charge is 0.325 e. The molecule has 1 fully saturated rings. The van der Waals surface area contributed by atoms with Crippen molar-refractivity contribution in [1.29, 1.82) is 0 Å². The monoisotopic (exact) mass is 438 g/mol. The van der Waals surface area contributed by atoms with Gasteiger partial charge in [0.15, 0.2) is 5.11 Å². The van der Waals surface area contributed by atoms with Crippen molar-refractivity contribution in [1.82, 2.24) is 19.8 Å². The van der Waals surface area contributed by atoms with Crippen LogP contribution in [0.5, 0.6) is 0 Å². The molecule has 0 amide bonds. The number of furan rings is 1. The van der Waals surface area contributed by atoms with E-state index in [0.29, 0.717) is 18.3 Å². The Morgan fingerprint density at radius 3 is 2.81 bits per heavy atom. The number of nitrogens with zero attached hydrogens (tertiary/aromatic N) is 3. The molecule has 1 aliphatic heterocycles. The van der Waals surface area contributed by atoms with Crippen LogP contribution in [0.25, 0.3) is 0 Å². The second-order valence-electron chi connectivity index (χ2n) is 7.55. The minimum Gasteiger partial charge on any atom is -0.467 e. The summed E-state index contributed by atoms with van der Waals surface area (Å²) in [5, 5.41) is 3.90. The summed E-state index contributed by atoms with van der Waals surface area (Å²) in [6.45, 7) is 7.01. The van der Waals surface area contributed by atoms with Crippen LogP contribution in [-0.2, 0) is 16.1 Å². The van der Waals surface area contributed by atoms with E-state index in [0.717, 1.165) is 28.4 Å². The number of aromatic nitrogens is 2. The molecule has 1 saturated heterocycles. The van der Waals surface area contributed by atoms with E-state index in [1.807, 2.05) is 35.2 Å². The molecule has 3 aromatic rings. The molecule has 7 nitrogen and oxygen atoms in total. The van der Waals surface area contributed by atoms with Crippen molar-refractivity contribution in [2.75, 3.05) is 13.2 Å². The maximum absolute atomic E-state index is 12.3. The number of ether oxygens (including phenoxy) is 1. The number of carbonyl (C=O) groups excluding carboxylic acids is 1. The number of nitrogens with one attached hydrogen (secondary N) is 1. The molecule has 0 aromatic carbocycles. The van der Waals surface area contributed by atoms with Gasteiger partial charge in [0.25, 0.3) is 0 Å². The number of aryl methyl sites for hydroxylation is 1. The van der Waals surface area contributed by atoms with E-state index >= 15 is 0 Å². The highest BCUT2D eigenvalue weighted by Gasteiger charge is 2.42. The van der Waals surface area contributed by atoms with Gasteiger partial charge in [-0.05, 0) is 68.9 Å². The zero-order chi connectivity index (χ0) is 22.0. The van der Waals surface area contributed by atoms with Crippen LogP contribution in [0.15, 0.2) is 53.3 Å². The van der Waals surface area contributed by atoms with Crippen molar-refractivity contribution in [3.8, 4) is 0 Å². The van der Waals surface area contributed by atoms with Crippen LogP contribution < -0.4 is 5.32 Å². The third-order valence-corrected chi connectivity index (χ3v) is 5.98. The number of rotatable bonds is 7. The van der Waals surface area contributed by atoms with Crippen LogP contribution in [0.3, 0.4) is 0 Å². The number of hydrogen-bond acceptors (Lipinski definition) is 5. The summed E-state index contributed by atoms with van der Waals surface area (Å²) >= 11 is 5.63. The van der Waals surface area contributed by atoms with Gasteiger partial charge in [-0.3, -0.25) is 9.78 Å². The molecule has 3 aromatic heterocycles. The van der Waals surface area contributed by atoms with Crippen LogP contribution >= 0.6 is 12.2 Å². The second kappa shape index (κ2) is 8.93. The average molecular weight is 439 g/mol. The molecule has 4 rings (SSSR count). The normalized spacial score (nSPS) is 18.3. The predicted molar refractivity (Wildman–Crippen MR) is 121 cm³/mol. The standard InChI is InChI=1S/C23H26N4O3S/c1-4-29-20(28)14-27-22(21(25-23(27)31)19-9-5-6-10-24-19)18-12-15(2)26(16(18)3)13-17-8-7-11-30-17/h5-12,21-22H,4,13-14H2,1-3H3,(H,25,31)/t21-,22+/m1/s1. The van der Waals surface area contributed by atoms with Crippen LogP contribution in [0.2, 0.25) is 0 Å². The lowest BCUT2D eigenvalue weighted by Crippen LogP contribution is -2.35. The molecule has 0 saturated carbocycles. The maximum atomic E-state index is 12.3. The second-order valence-corrected chi connectivity index (χ2v) is 7.94. The van der Waals surface area contributed by atoms with Crippen LogP contribution in [-0.4, -0.2) is 38.7 Å². The summed E-state index contributed by atoms with van der Waals surface area (Å²) < 4.78 is 13.0. The molecule has 162 valence electrons. The van der Waals surface area contributed by atoms with E-state index in [9.17, 15) is 4.79 Å². The molecular formula is C23H26N4O3S. The molecule has 0 spiro atoms. The molecule has 0 unspecified atom stereocenters. The predicted octanol–water partition coefficient (Wildman–Crippen LogP) is 3.68. The zero-order valence-corrected chi connectivity index (χ0v) is 18.7. The van der Waals surface area contributed by atoms with E-state index in [4.69, 9.17) is 21.4 Å². The quantitative estimate of drug-likeness (QED) is 0.446. The molecule has 8 heteroatoms. The first-order chi connectivity index (χ1) is 15.0. The molecule has 4 heterocycles. The molecule has 0 bridgehead atoms. The lowest BCUT2D eigenvalue weighted by atomic mass is 9.97. The average Bonchev–Trinajstić information content (AvgIpc) is 3.45. The number of thiocarbonyl (C=S) groups is 1. The zero-order valence-electron chi connectivity index (χ0n) is 17.9. The van der Waals surface area contributed by atoms with Crippen LogP contribution in [0, 0.1) is 13.8 Å². The molecule has 31 heavy (non-hydrogen) atoms. The van der Waals surface area contributed by atoms with Crippen LogP contribution in [0.4, 0.5) is 0 Å². The number of hydrogen-bond donors (Lipinski definition) is 1. The van der Waals surface area contributed by atoms with Crippen molar-refractivity contribution in [2.45, 2.75) is 39.4 Å². The van der Waals surface area contributed by atoms with Gasteiger partial charge >= 0.3 is 5.97 Å². The summed E-state index contributed by atoms with van der Waals surface area (Å²) in [6.07, 6.45) is 3.45. The Labute approximate surface area is 187 Å². The first kappa shape index (κ1) is 21.1. The van der Waals surface area contributed by atoms with E-state index in [2.05, 4.69) is 34.8 Å². The highest BCUT2D eigenvalue weighted by atomic mass is 32.1. The minimum atomic E-state index is -0.303. The number of esters is 1. The Hall–Kier alpha value is -3.13. The highest BCUT2D eigenvalue weighted by molar-refractivity contribution is 7.80. The highest BCUT2D eigenvalue weighted by Crippen LogP contribution is 2.40. The van der Waals surface area contributed by atoms with E-state index in [1.54, 1.807) is 19.4 Å². The van der Waals surface area contributed by atoms with Gasteiger partial charge in [0.1, 0.15) is 12.3 Å². The van der Waals surface area contributed by atoms with Gasteiger partial charge in [-0.1, -0.05) is 6.07 Å². The van der Waals surface area contributed by atoms with E-state index in [-0.39, 0.29) is 24.6 Å². The SMILES string of the molecule is CCOC(=O)CN1C(=S)N[C@H](c2ccccn2)[C@@H]1c1cc(C)n(Cc2ccco2)c1C. The van der Waals surface area contributed by atoms with Crippen molar-refractivity contribution in [3.63, 3.8) is 0 Å². The molecule has 0 aliphatic carbocycles. The van der Waals surface area contributed by atoms with Gasteiger partial charge < -0.3 is 23.9 Å². The number of pyridine rings is 1. The third-order valence-electron chi connectivity index (χ3n) is 5.63. The summed E-state index contributed by atoms with van der Waals surface area (Å²) in [7, 11) is 0. The Bertz CT molecular complexity index is 1060. The Morgan fingerprint density at radius 1 is 1.29 bits per heavy atom. The summed E-state index contributed by atoms with van der Waals surface area (Å²) in [5.74, 6) is 0.584.